The van der Waals surface area contributed by atoms with Crippen LogP contribution < -0.4 is 0 Å². The van der Waals surface area contributed by atoms with E-state index in [2.05, 4.69) is 4.98 Å². The molecule has 0 amide bonds. The molecular formula is C7H7F4NO3S. The lowest BCUT2D eigenvalue weighted by molar-refractivity contribution is -0.157. The van der Waals surface area contributed by atoms with Gasteiger partial charge in [-0.15, -0.1) is 0 Å². The molecule has 0 aromatic carbocycles. The van der Waals surface area contributed by atoms with Crippen LogP contribution in [-0.4, -0.2) is 29.6 Å². The van der Waals surface area contributed by atoms with Crippen LogP contribution in [0.4, 0.5) is 17.6 Å². The Labute approximate surface area is 88.7 Å². The highest BCUT2D eigenvalue weighted by molar-refractivity contribution is 7.86. The molecule has 92 valence electrons. The maximum atomic E-state index is 11.5. The summed E-state index contributed by atoms with van der Waals surface area (Å²) in [6.07, 6.45) is -2.06. The van der Waals surface area contributed by atoms with E-state index >= 15 is 0 Å². The molecular weight excluding hydrogens is 254 g/mol. The van der Waals surface area contributed by atoms with Crippen molar-refractivity contribution in [2.24, 2.45) is 0 Å². The highest BCUT2D eigenvalue weighted by Gasteiger charge is 2.49. The lowest BCUT2D eigenvalue weighted by atomic mass is 10.5. The summed E-state index contributed by atoms with van der Waals surface area (Å²) in [6, 6.07) is 5.72. The molecule has 16 heavy (non-hydrogen) atoms. The number of rotatable bonds is 1. The zero-order valence-corrected chi connectivity index (χ0v) is 8.41. The molecule has 0 spiro atoms. The number of halogens is 4. The van der Waals surface area contributed by atoms with Gasteiger partial charge in [-0.25, -0.2) is 4.39 Å². The number of hydrogen-bond acceptors (Lipinski definition) is 3. The predicted octanol–water partition coefficient (Wildman–Crippen LogP) is 1.81. The molecule has 0 aliphatic rings. The third-order valence-electron chi connectivity index (χ3n) is 1.09. The summed E-state index contributed by atoms with van der Waals surface area (Å²) in [5.41, 5.74) is -4.21. The minimum atomic E-state index is -5.65. The van der Waals surface area contributed by atoms with Crippen LogP contribution in [0.1, 0.15) is 0 Å². The Morgan fingerprint density at radius 2 is 1.56 bits per heavy atom. The van der Waals surface area contributed by atoms with Gasteiger partial charge in [-0.3, -0.25) is 9.54 Å². The molecule has 0 radical (unpaired) electrons. The van der Waals surface area contributed by atoms with Crippen molar-refractivity contribution in [2.75, 3.05) is 0 Å². The normalized spacial score (nSPS) is 13.6. The van der Waals surface area contributed by atoms with Gasteiger partial charge in [-0.2, -0.15) is 21.6 Å². The molecule has 9 heteroatoms. The maximum absolute atomic E-state index is 11.5. The van der Waals surface area contributed by atoms with Crippen LogP contribution in [0.5, 0.6) is 0 Å². The fraction of sp³-hybridized carbons (Fsp3) is 0.286. The highest BCUT2D eigenvalue weighted by Crippen LogP contribution is 2.25. The first-order valence-electron chi connectivity index (χ1n) is 3.68. The maximum Gasteiger partial charge on any atom is 0.436 e. The number of alkyl halides is 4. The summed E-state index contributed by atoms with van der Waals surface area (Å²) in [6.45, 7) is 0. The molecule has 1 heterocycles. The van der Waals surface area contributed by atoms with Gasteiger partial charge in [0.25, 0.3) is 0 Å². The molecule has 0 fully saturated rings. The Kier molecular flexibility index (Phi) is 5.31. The van der Waals surface area contributed by atoms with Crippen LogP contribution in [0.2, 0.25) is 0 Å². The predicted molar refractivity (Wildman–Crippen MR) is 46.7 cm³/mol. The Morgan fingerprint density at radius 1 is 1.12 bits per heavy atom. The molecule has 0 aliphatic carbocycles. The number of aromatic nitrogens is 1. The van der Waals surface area contributed by atoms with Gasteiger partial charge in [0.2, 0.25) is 0 Å². The molecule has 0 aliphatic heterocycles. The van der Waals surface area contributed by atoms with Gasteiger partial charge < -0.3 is 0 Å². The largest absolute Gasteiger partial charge is 0.436 e. The van der Waals surface area contributed by atoms with E-state index in [1.54, 1.807) is 12.4 Å². The van der Waals surface area contributed by atoms with Crippen LogP contribution in [-0.2, 0) is 10.1 Å². The molecule has 1 unspecified atom stereocenters. The van der Waals surface area contributed by atoms with E-state index in [9.17, 15) is 26.0 Å². The first-order chi connectivity index (χ1) is 7.15. The van der Waals surface area contributed by atoms with E-state index in [1.807, 2.05) is 18.2 Å². The van der Waals surface area contributed by atoms with Crippen LogP contribution in [0.15, 0.2) is 30.6 Å². The Bertz CT molecular complexity index is 365. The van der Waals surface area contributed by atoms with Crippen LogP contribution in [0, 0.1) is 0 Å². The minimum Gasteiger partial charge on any atom is -0.283 e. The van der Waals surface area contributed by atoms with Crippen molar-refractivity contribution in [3.05, 3.63) is 30.6 Å². The standard InChI is InChI=1S/C5H5N.C2H2F4O3S/c1-2-4-6-5-3-1;3-1(2(4,5)6)10(7,8)9/h1-5H;1H,(H,7,8,9). The zero-order valence-electron chi connectivity index (χ0n) is 7.60. The lowest BCUT2D eigenvalue weighted by Gasteiger charge is -2.07. The molecule has 0 saturated carbocycles. The monoisotopic (exact) mass is 261 g/mol. The molecule has 1 aromatic rings. The smallest absolute Gasteiger partial charge is 0.283 e. The zero-order chi connectivity index (χ0) is 12.8. The first-order valence-corrected chi connectivity index (χ1v) is 5.18. The molecule has 1 N–H and O–H groups in total. The quantitative estimate of drug-likeness (QED) is 0.618. The molecule has 4 nitrogen and oxygen atoms in total. The number of hydrogen-bond donors (Lipinski definition) is 1. The topological polar surface area (TPSA) is 67.3 Å². The minimum absolute atomic E-state index is 1.75. The highest BCUT2D eigenvalue weighted by atomic mass is 32.2. The van der Waals surface area contributed by atoms with E-state index in [0.29, 0.717) is 0 Å². The fourth-order valence-corrected chi connectivity index (χ4v) is 0.819. The average Bonchev–Trinajstić information content (AvgIpc) is 2.17. The Morgan fingerprint density at radius 3 is 1.62 bits per heavy atom. The molecule has 1 rings (SSSR count). The summed E-state index contributed by atoms with van der Waals surface area (Å²) >= 11 is 0. The summed E-state index contributed by atoms with van der Waals surface area (Å²) in [5, 5.41) is 0. The van der Waals surface area contributed by atoms with E-state index in [-0.39, 0.29) is 0 Å². The number of nitrogens with zero attached hydrogens (tertiary/aromatic N) is 1. The molecule has 0 bridgehead atoms. The van der Waals surface area contributed by atoms with Crippen LogP contribution in [0.3, 0.4) is 0 Å². The van der Waals surface area contributed by atoms with Crippen molar-refractivity contribution in [1.82, 2.24) is 4.98 Å². The molecule has 1 aromatic heterocycles. The van der Waals surface area contributed by atoms with Gasteiger partial charge in [0.15, 0.2) is 0 Å². The number of pyridine rings is 1. The Balaban J connectivity index is 0.000000315. The second kappa shape index (κ2) is 5.75. The third-order valence-corrected chi connectivity index (χ3v) is 1.88. The second-order valence-electron chi connectivity index (χ2n) is 2.40. The van der Waals surface area contributed by atoms with Gasteiger partial charge >= 0.3 is 21.8 Å². The summed E-state index contributed by atoms with van der Waals surface area (Å²) < 4.78 is 70.9. The van der Waals surface area contributed by atoms with Gasteiger partial charge in [-0.1, -0.05) is 6.07 Å². The SMILES string of the molecule is O=S(=O)(O)C(F)C(F)(F)F.c1ccncc1. The van der Waals surface area contributed by atoms with Crippen molar-refractivity contribution in [3.63, 3.8) is 0 Å². The van der Waals surface area contributed by atoms with Crippen molar-refractivity contribution in [2.45, 2.75) is 11.7 Å². The van der Waals surface area contributed by atoms with Crippen molar-refractivity contribution < 1.29 is 30.5 Å². The van der Waals surface area contributed by atoms with E-state index in [1.165, 1.54) is 0 Å². The van der Waals surface area contributed by atoms with Gasteiger partial charge in [0.05, 0.1) is 0 Å². The summed E-state index contributed by atoms with van der Waals surface area (Å²) in [5.74, 6) is 0. The molecule has 0 saturated heterocycles. The summed E-state index contributed by atoms with van der Waals surface area (Å²) in [7, 11) is -5.65. The van der Waals surface area contributed by atoms with Crippen molar-refractivity contribution in [3.8, 4) is 0 Å². The van der Waals surface area contributed by atoms with Crippen LogP contribution in [0.25, 0.3) is 0 Å². The lowest BCUT2D eigenvalue weighted by Crippen LogP contribution is -2.31. The Hall–Kier alpha value is -1.22. The second-order valence-corrected chi connectivity index (χ2v) is 3.84. The van der Waals surface area contributed by atoms with Gasteiger partial charge in [0.1, 0.15) is 0 Å². The van der Waals surface area contributed by atoms with Crippen molar-refractivity contribution in [1.29, 1.82) is 0 Å². The van der Waals surface area contributed by atoms with E-state index < -0.39 is 21.8 Å². The van der Waals surface area contributed by atoms with Crippen molar-refractivity contribution >= 4 is 10.1 Å². The third kappa shape index (κ3) is 6.30. The molecule has 1 atom stereocenters. The van der Waals surface area contributed by atoms with Gasteiger partial charge in [-0.05, 0) is 12.1 Å². The van der Waals surface area contributed by atoms with E-state index in [4.69, 9.17) is 4.55 Å². The van der Waals surface area contributed by atoms with E-state index in [0.717, 1.165) is 0 Å². The average molecular weight is 261 g/mol. The van der Waals surface area contributed by atoms with Gasteiger partial charge in [0, 0.05) is 12.4 Å². The summed E-state index contributed by atoms with van der Waals surface area (Å²) in [4.78, 5) is 3.78. The van der Waals surface area contributed by atoms with Crippen LogP contribution >= 0.6 is 0 Å². The fourth-order valence-electron chi connectivity index (χ4n) is 0.481. The first kappa shape index (κ1) is 14.8.